The molecule has 0 aliphatic carbocycles. The van der Waals surface area contributed by atoms with Crippen molar-refractivity contribution in [2.75, 3.05) is 10.5 Å². The lowest BCUT2D eigenvalue weighted by Gasteiger charge is -2.11. The van der Waals surface area contributed by atoms with Gasteiger partial charge >= 0.3 is 0 Å². The summed E-state index contributed by atoms with van der Waals surface area (Å²) >= 11 is 5.91. The molecule has 140 valence electrons. The summed E-state index contributed by atoms with van der Waals surface area (Å²) in [5.41, 5.74) is 2.98. The molecule has 0 aliphatic rings. The zero-order chi connectivity index (χ0) is 19.6. The van der Waals surface area contributed by atoms with Crippen LogP contribution in [0.2, 0.25) is 5.02 Å². The van der Waals surface area contributed by atoms with Crippen LogP contribution in [0.15, 0.2) is 59.4 Å². The van der Waals surface area contributed by atoms with Gasteiger partial charge in [0.05, 0.1) is 17.1 Å². The molecule has 1 N–H and O–H groups in total. The van der Waals surface area contributed by atoms with Gasteiger partial charge in [-0.15, -0.1) is 0 Å². The van der Waals surface area contributed by atoms with Crippen molar-refractivity contribution in [3.63, 3.8) is 0 Å². The van der Waals surface area contributed by atoms with E-state index >= 15 is 0 Å². The van der Waals surface area contributed by atoms with Gasteiger partial charge < -0.3 is 0 Å². The first-order valence-corrected chi connectivity index (χ1v) is 10.3. The Morgan fingerprint density at radius 2 is 1.70 bits per heavy atom. The number of rotatable bonds is 5. The minimum absolute atomic E-state index is 0.0128. The third kappa shape index (κ3) is 4.37. The summed E-state index contributed by atoms with van der Waals surface area (Å²) in [7, 11) is -3.35. The van der Waals surface area contributed by atoms with Gasteiger partial charge in [0.25, 0.3) is 5.56 Å². The first-order valence-electron chi connectivity index (χ1n) is 8.27. The highest BCUT2D eigenvalue weighted by molar-refractivity contribution is 7.92. The molecule has 0 saturated carbocycles. The second kappa shape index (κ2) is 7.54. The summed E-state index contributed by atoms with van der Waals surface area (Å²) in [6.45, 7) is 3.38. The summed E-state index contributed by atoms with van der Waals surface area (Å²) < 4.78 is 27.0. The van der Waals surface area contributed by atoms with Crippen molar-refractivity contribution in [3.8, 4) is 16.8 Å². The number of hydrogen-bond acceptors (Lipinski definition) is 4. The van der Waals surface area contributed by atoms with E-state index in [4.69, 9.17) is 11.6 Å². The molecule has 0 radical (unpaired) electrons. The van der Waals surface area contributed by atoms with Crippen LogP contribution in [-0.4, -0.2) is 24.0 Å². The molecule has 27 heavy (non-hydrogen) atoms. The highest BCUT2D eigenvalue weighted by Crippen LogP contribution is 2.23. The Morgan fingerprint density at radius 1 is 1.07 bits per heavy atom. The topological polar surface area (TPSA) is 81.1 Å². The van der Waals surface area contributed by atoms with Gasteiger partial charge in [-0.25, -0.2) is 8.42 Å². The largest absolute Gasteiger partial charge is 0.284 e. The summed E-state index contributed by atoms with van der Waals surface area (Å²) in [5, 5.41) is 5.02. The fraction of sp³-hybridized carbons (Fsp3) is 0.158. The van der Waals surface area contributed by atoms with Crippen LogP contribution in [0.25, 0.3) is 16.8 Å². The average Bonchev–Trinajstić information content (AvgIpc) is 2.64. The number of aromatic nitrogens is 2. The molecule has 0 atom stereocenters. The Kier molecular flexibility index (Phi) is 5.34. The zero-order valence-electron chi connectivity index (χ0n) is 14.8. The molecule has 0 bridgehead atoms. The van der Waals surface area contributed by atoms with E-state index in [9.17, 15) is 13.2 Å². The maximum absolute atomic E-state index is 12.6. The van der Waals surface area contributed by atoms with Crippen molar-refractivity contribution in [2.24, 2.45) is 0 Å². The van der Waals surface area contributed by atoms with Crippen molar-refractivity contribution in [2.45, 2.75) is 13.8 Å². The van der Waals surface area contributed by atoms with Crippen LogP contribution in [0.4, 0.5) is 5.69 Å². The number of aryl methyl sites for hydroxylation is 1. The fourth-order valence-corrected chi connectivity index (χ4v) is 3.34. The van der Waals surface area contributed by atoms with E-state index in [0.29, 0.717) is 22.1 Å². The number of benzene rings is 2. The third-order valence-electron chi connectivity index (χ3n) is 4.04. The van der Waals surface area contributed by atoms with Crippen LogP contribution >= 0.6 is 11.6 Å². The molecule has 3 rings (SSSR count). The molecule has 0 fully saturated rings. The molecule has 0 amide bonds. The van der Waals surface area contributed by atoms with E-state index in [1.165, 1.54) is 10.7 Å². The minimum Gasteiger partial charge on any atom is -0.284 e. The van der Waals surface area contributed by atoms with E-state index < -0.39 is 10.0 Å². The Labute approximate surface area is 162 Å². The SMILES string of the molecule is CCS(=O)(=O)Nc1ccc(-n2nc(C)c(-c3ccc(Cl)cc3)cc2=O)cc1. The number of nitrogens with zero attached hydrogens (tertiary/aromatic N) is 2. The van der Waals surface area contributed by atoms with Gasteiger partial charge in [0, 0.05) is 22.3 Å². The van der Waals surface area contributed by atoms with Gasteiger partial charge in [-0.1, -0.05) is 23.7 Å². The Hall–Kier alpha value is -2.64. The summed E-state index contributed by atoms with van der Waals surface area (Å²) in [5.74, 6) is -0.0128. The standard InChI is InChI=1S/C19H18ClN3O3S/c1-3-27(25,26)22-16-8-10-17(11-9-16)23-19(24)12-18(13(2)21-23)14-4-6-15(20)7-5-14/h4-12,22H,3H2,1-2H3. The lowest BCUT2D eigenvalue weighted by molar-refractivity contribution is 0.602. The predicted octanol–water partition coefficient (Wildman–Crippen LogP) is 3.62. The molecule has 8 heteroatoms. The molecule has 0 aliphatic heterocycles. The van der Waals surface area contributed by atoms with Crippen LogP contribution in [0.3, 0.4) is 0 Å². The maximum Gasteiger partial charge on any atom is 0.272 e. The van der Waals surface area contributed by atoms with Crippen LogP contribution in [0.5, 0.6) is 0 Å². The molecular formula is C19H18ClN3O3S. The maximum atomic E-state index is 12.6. The van der Waals surface area contributed by atoms with Crippen molar-refractivity contribution < 1.29 is 8.42 Å². The van der Waals surface area contributed by atoms with Crippen LogP contribution in [0, 0.1) is 6.92 Å². The van der Waals surface area contributed by atoms with Gasteiger partial charge in [0.2, 0.25) is 10.0 Å². The highest BCUT2D eigenvalue weighted by atomic mass is 35.5. The lowest BCUT2D eigenvalue weighted by Crippen LogP contribution is -2.22. The first-order chi connectivity index (χ1) is 12.8. The molecule has 0 saturated heterocycles. The van der Waals surface area contributed by atoms with Gasteiger partial charge in [-0.3, -0.25) is 9.52 Å². The number of anilines is 1. The second-order valence-corrected chi connectivity index (χ2v) is 8.40. The zero-order valence-corrected chi connectivity index (χ0v) is 16.4. The molecule has 2 aromatic carbocycles. The van der Waals surface area contributed by atoms with E-state index in [1.807, 2.05) is 19.1 Å². The molecular weight excluding hydrogens is 386 g/mol. The normalized spacial score (nSPS) is 11.4. The monoisotopic (exact) mass is 403 g/mol. The van der Waals surface area contributed by atoms with Crippen LogP contribution in [0.1, 0.15) is 12.6 Å². The second-order valence-electron chi connectivity index (χ2n) is 5.95. The molecule has 1 aromatic heterocycles. The Bertz CT molecular complexity index is 1120. The Balaban J connectivity index is 1.95. The van der Waals surface area contributed by atoms with Crippen molar-refractivity contribution in [1.82, 2.24) is 9.78 Å². The third-order valence-corrected chi connectivity index (χ3v) is 5.60. The number of sulfonamides is 1. The van der Waals surface area contributed by atoms with E-state index in [0.717, 1.165) is 11.1 Å². The molecule has 6 nitrogen and oxygen atoms in total. The van der Waals surface area contributed by atoms with Crippen LogP contribution in [-0.2, 0) is 10.0 Å². The lowest BCUT2D eigenvalue weighted by atomic mass is 10.1. The van der Waals surface area contributed by atoms with E-state index in [2.05, 4.69) is 9.82 Å². The summed E-state index contributed by atoms with van der Waals surface area (Å²) in [4.78, 5) is 12.6. The van der Waals surface area contributed by atoms with Crippen LogP contribution < -0.4 is 10.3 Å². The van der Waals surface area contributed by atoms with E-state index in [1.54, 1.807) is 43.3 Å². The van der Waals surface area contributed by atoms with Crippen molar-refractivity contribution >= 4 is 27.3 Å². The van der Waals surface area contributed by atoms with Gasteiger partial charge in [0.1, 0.15) is 0 Å². The first kappa shape index (κ1) is 19.1. The fourth-order valence-electron chi connectivity index (χ4n) is 2.57. The molecule has 1 heterocycles. The average molecular weight is 404 g/mol. The van der Waals surface area contributed by atoms with Crippen molar-refractivity contribution in [1.29, 1.82) is 0 Å². The van der Waals surface area contributed by atoms with Gasteiger partial charge in [0.15, 0.2) is 0 Å². The smallest absolute Gasteiger partial charge is 0.272 e. The predicted molar refractivity (Wildman–Crippen MR) is 108 cm³/mol. The molecule has 0 spiro atoms. The highest BCUT2D eigenvalue weighted by Gasteiger charge is 2.10. The number of nitrogens with one attached hydrogen (secondary N) is 1. The molecule has 0 unspecified atom stereocenters. The minimum atomic E-state index is -3.35. The summed E-state index contributed by atoms with van der Waals surface area (Å²) in [6.07, 6.45) is 0. The van der Waals surface area contributed by atoms with Crippen molar-refractivity contribution in [3.05, 3.63) is 75.7 Å². The van der Waals surface area contributed by atoms with E-state index in [-0.39, 0.29) is 11.3 Å². The number of hydrogen-bond donors (Lipinski definition) is 1. The quantitative estimate of drug-likeness (QED) is 0.705. The number of halogens is 1. The molecule has 3 aromatic rings. The summed E-state index contributed by atoms with van der Waals surface area (Å²) in [6, 6.07) is 15.2. The van der Waals surface area contributed by atoms with Gasteiger partial charge in [-0.05, 0) is 55.8 Å². The Morgan fingerprint density at radius 3 is 2.30 bits per heavy atom. The van der Waals surface area contributed by atoms with Gasteiger partial charge in [-0.2, -0.15) is 9.78 Å².